The van der Waals surface area contributed by atoms with Crippen LogP contribution < -0.4 is 5.32 Å². The zero-order chi connectivity index (χ0) is 11.7. The smallest absolute Gasteiger partial charge is 0.209 e. The van der Waals surface area contributed by atoms with Crippen molar-refractivity contribution in [2.75, 3.05) is 25.0 Å². The lowest BCUT2D eigenvalue weighted by Crippen LogP contribution is -2.28. The number of para-hydroxylation sites is 1. The molecule has 1 aromatic carbocycles. The Labute approximate surface area is 101 Å². The lowest BCUT2D eigenvalue weighted by atomic mass is 9.89. The average Bonchev–Trinajstić information content (AvgIpc) is 2.83. The van der Waals surface area contributed by atoms with E-state index in [0.29, 0.717) is 5.92 Å². The molecule has 0 fully saturated rings. The maximum absolute atomic E-state index is 10.7. The molecule has 3 rings (SSSR count). The molecule has 0 radical (unpaired) electrons. The van der Waals surface area contributed by atoms with Gasteiger partial charge in [-0.2, -0.15) is 0 Å². The van der Waals surface area contributed by atoms with Crippen LogP contribution in [0.4, 0.5) is 5.69 Å². The van der Waals surface area contributed by atoms with E-state index in [0.717, 1.165) is 32.5 Å². The van der Waals surface area contributed by atoms with E-state index in [1.54, 1.807) is 0 Å². The highest BCUT2D eigenvalue weighted by molar-refractivity contribution is 5.60. The van der Waals surface area contributed by atoms with Crippen LogP contribution in [0.1, 0.15) is 17.9 Å². The van der Waals surface area contributed by atoms with E-state index in [1.165, 1.54) is 16.8 Å². The number of carbonyl (C=O) groups is 1. The quantitative estimate of drug-likeness (QED) is 0.620. The van der Waals surface area contributed by atoms with Crippen LogP contribution in [0, 0.1) is 0 Å². The Morgan fingerprint density at radius 3 is 3.00 bits per heavy atom. The summed E-state index contributed by atoms with van der Waals surface area (Å²) in [7, 11) is 0. The average molecular weight is 228 g/mol. The van der Waals surface area contributed by atoms with E-state index in [1.807, 2.05) is 4.90 Å². The van der Waals surface area contributed by atoms with Gasteiger partial charge in [0.15, 0.2) is 0 Å². The Morgan fingerprint density at radius 1 is 1.35 bits per heavy atom. The van der Waals surface area contributed by atoms with Crippen LogP contribution in [0.2, 0.25) is 0 Å². The fourth-order valence-corrected chi connectivity index (χ4v) is 2.73. The molecule has 1 aromatic rings. The molecule has 0 aliphatic carbocycles. The van der Waals surface area contributed by atoms with Crippen LogP contribution in [0.5, 0.6) is 0 Å². The van der Waals surface area contributed by atoms with Gasteiger partial charge >= 0.3 is 0 Å². The van der Waals surface area contributed by atoms with Gasteiger partial charge in [-0.3, -0.25) is 4.79 Å². The maximum Gasteiger partial charge on any atom is 0.209 e. The van der Waals surface area contributed by atoms with Crippen molar-refractivity contribution >= 4 is 12.1 Å². The lowest BCUT2D eigenvalue weighted by Gasteiger charge is -2.25. The summed E-state index contributed by atoms with van der Waals surface area (Å²) in [6.45, 7) is 2.61. The molecular weight excluding hydrogens is 212 g/mol. The van der Waals surface area contributed by atoms with Crippen molar-refractivity contribution in [2.45, 2.75) is 12.3 Å². The van der Waals surface area contributed by atoms with E-state index < -0.39 is 0 Å². The second kappa shape index (κ2) is 4.24. The van der Waals surface area contributed by atoms with Gasteiger partial charge in [0.2, 0.25) is 6.41 Å². The van der Waals surface area contributed by atoms with Gasteiger partial charge in [-0.15, -0.1) is 0 Å². The first-order valence-corrected chi connectivity index (χ1v) is 6.09. The minimum Gasteiger partial charge on any atom is -0.384 e. The second-order valence-electron chi connectivity index (χ2n) is 4.65. The van der Waals surface area contributed by atoms with Gasteiger partial charge in [-0.25, -0.2) is 0 Å². The van der Waals surface area contributed by atoms with Gasteiger partial charge in [0.1, 0.15) is 0 Å². The number of amides is 1. The Hall–Kier alpha value is -1.77. The highest BCUT2D eigenvalue weighted by Crippen LogP contribution is 2.37. The Balaban J connectivity index is 1.83. The van der Waals surface area contributed by atoms with Crippen molar-refractivity contribution in [1.29, 1.82) is 0 Å². The largest absolute Gasteiger partial charge is 0.384 e. The normalized spacial score (nSPS) is 22.7. The van der Waals surface area contributed by atoms with Crippen LogP contribution in [0.15, 0.2) is 35.9 Å². The van der Waals surface area contributed by atoms with Crippen LogP contribution >= 0.6 is 0 Å². The summed E-state index contributed by atoms with van der Waals surface area (Å²) in [6.07, 6.45) is 4.15. The third-order valence-corrected chi connectivity index (χ3v) is 3.71. The van der Waals surface area contributed by atoms with Crippen LogP contribution in [0.3, 0.4) is 0 Å². The van der Waals surface area contributed by atoms with Crippen molar-refractivity contribution in [3.63, 3.8) is 0 Å². The van der Waals surface area contributed by atoms with E-state index in [-0.39, 0.29) is 0 Å². The molecule has 0 saturated heterocycles. The Morgan fingerprint density at radius 2 is 2.24 bits per heavy atom. The predicted molar refractivity (Wildman–Crippen MR) is 68.0 cm³/mol. The fraction of sp³-hybridized carbons (Fsp3) is 0.357. The first-order valence-electron chi connectivity index (χ1n) is 6.09. The summed E-state index contributed by atoms with van der Waals surface area (Å²) in [5, 5.41) is 3.45. The molecule has 3 nitrogen and oxygen atoms in total. The van der Waals surface area contributed by atoms with Gasteiger partial charge in [0, 0.05) is 31.2 Å². The van der Waals surface area contributed by atoms with Gasteiger partial charge in [-0.05, 0) is 18.1 Å². The molecule has 1 unspecified atom stereocenters. The van der Waals surface area contributed by atoms with Crippen molar-refractivity contribution in [3.8, 4) is 0 Å². The summed E-state index contributed by atoms with van der Waals surface area (Å²) in [5.74, 6) is 0.500. The molecule has 0 spiro atoms. The molecule has 88 valence electrons. The standard InChI is InChI=1S/C14H16N2O/c17-10-16-7-5-11(6-8-16)13-9-15-14-4-2-1-3-12(13)14/h1-5,10,13,15H,6-9H2. The van der Waals surface area contributed by atoms with Crippen LogP contribution in [-0.4, -0.2) is 30.9 Å². The first kappa shape index (κ1) is 10.4. The number of carbonyl (C=O) groups excluding carboxylic acids is 1. The predicted octanol–water partition coefficient (Wildman–Crippen LogP) is 1.98. The third-order valence-electron chi connectivity index (χ3n) is 3.71. The summed E-state index contributed by atoms with van der Waals surface area (Å²) in [4.78, 5) is 12.5. The Kier molecular flexibility index (Phi) is 2.59. The summed E-state index contributed by atoms with van der Waals surface area (Å²) in [6, 6.07) is 8.50. The molecule has 2 aliphatic heterocycles. The zero-order valence-electron chi connectivity index (χ0n) is 9.73. The molecule has 0 saturated carbocycles. The molecule has 3 heteroatoms. The minimum absolute atomic E-state index is 0.500. The SMILES string of the molecule is O=CN1CC=C(C2CNc3ccccc32)CC1. The van der Waals surface area contributed by atoms with Crippen molar-refractivity contribution in [3.05, 3.63) is 41.5 Å². The minimum atomic E-state index is 0.500. The second-order valence-corrected chi connectivity index (χ2v) is 4.65. The van der Waals surface area contributed by atoms with E-state index in [4.69, 9.17) is 0 Å². The highest BCUT2D eigenvalue weighted by atomic mass is 16.1. The van der Waals surface area contributed by atoms with Gasteiger partial charge in [0.25, 0.3) is 0 Å². The number of benzene rings is 1. The summed E-state index contributed by atoms with van der Waals surface area (Å²) < 4.78 is 0. The fourth-order valence-electron chi connectivity index (χ4n) is 2.73. The summed E-state index contributed by atoms with van der Waals surface area (Å²) >= 11 is 0. The molecule has 1 N–H and O–H groups in total. The number of fused-ring (bicyclic) bond motifs is 1. The number of rotatable bonds is 2. The highest BCUT2D eigenvalue weighted by Gasteiger charge is 2.26. The molecule has 0 aromatic heterocycles. The van der Waals surface area contributed by atoms with Crippen molar-refractivity contribution in [1.82, 2.24) is 4.90 Å². The first-order chi connectivity index (χ1) is 8.38. The molecule has 2 heterocycles. The van der Waals surface area contributed by atoms with Gasteiger partial charge < -0.3 is 10.2 Å². The summed E-state index contributed by atoms with van der Waals surface area (Å²) in [5.41, 5.74) is 4.13. The van der Waals surface area contributed by atoms with Crippen molar-refractivity contribution < 1.29 is 4.79 Å². The number of nitrogens with one attached hydrogen (secondary N) is 1. The number of hydrogen-bond donors (Lipinski definition) is 1. The number of nitrogens with zero attached hydrogens (tertiary/aromatic N) is 1. The van der Waals surface area contributed by atoms with Crippen LogP contribution in [0.25, 0.3) is 0 Å². The topological polar surface area (TPSA) is 32.3 Å². The van der Waals surface area contributed by atoms with E-state index in [9.17, 15) is 4.79 Å². The van der Waals surface area contributed by atoms with E-state index in [2.05, 4.69) is 35.7 Å². The van der Waals surface area contributed by atoms with Gasteiger partial charge in [-0.1, -0.05) is 29.8 Å². The number of hydrogen-bond acceptors (Lipinski definition) is 2. The monoisotopic (exact) mass is 228 g/mol. The van der Waals surface area contributed by atoms with Crippen LogP contribution in [-0.2, 0) is 4.79 Å². The molecule has 2 aliphatic rings. The van der Waals surface area contributed by atoms with E-state index >= 15 is 0 Å². The molecule has 0 bridgehead atoms. The molecular formula is C14H16N2O. The molecule has 17 heavy (non-hydrogen) atoms. The van der Waals surface area contributed by atoms with Gasteiger partial charge in [0.05, 0.1) is 0 Å². The number of anilines is 1. The maximum atomic E-state index is 10.7. The Bertz CT molecular complexity index is 467. The third kappa shape index (κ3) is 1.82. The molecule has 1 atom stereocenters. The lowest BCUT2D eigenvalue weighted by molar-refractivity contribution is -0.117. The zero-order valence-corrected chi connectivity index (χ0v) is 9.73. The van der Waals surface area contributed by atoms with Crippen molar-refractivity contribution in [2.24, 2.45) is 0 Å². The molecule has 1 amide bonds.